The Bertz CT molecular complexity index is 383. The third-order valence-electron chi connectivity index (χ3n) is 3.12. The molecule has 1 aliphatic heterocycles. The molecular formula is C13H19N3O2. The van der Waals surface area contributed by atoms with Crippen LogP contribution >= 0.6 is 0 Å². The van der Waals surface area contributed by atoms with Crippen molar-refractivity contribution in [2.24, 2.45) is 5.84 Å². The van der Waals surface area contributed by atoms with Crippen LogP contribution in [0.2, 0.25) is 0 Å². The Kier molecular flexibility index (Phi) is 4.55. The minimum absolute atomic E-state index is 0.169. The number of ether oxygens (including phenoxy) is 1. The van der Waals surface area contributed by atoms with Gasteiger partial charge in [0.1, 0.15) is 6.61 Å². The molecule has 0 aliphatic carbocycles. The highest BCUT2D eigenvalue weighted by Crippen LogP contribution is 2.11. The summed E-state index contributed by atoms with van der Waals surface area (Å²) >= 11 is 0. The van der Waals surface area contributed by atoms with E-state index in [4.69, 9.17) is 10.6 Å². The number of hydrogen-bond donors (Lipinski definition) is 2. The SMILES string of the molecule is NN[C@@H]1CCCN(C(=O)OCc2ccccc2)C1. The number of rotatable bonds is 3. The first-order valence-electron chi connectivity index (χ1n) is 6.21. The fourth-order valence-electron chi connectivity index (χ4n) is 2.09. The average molecular weight is 249 g/mol. The van der Waals surface area contributed by atoms with Gasteiger partial charge in [0, 0.05) is 19.1 Å². The number of benzene rings is 1. The van der Waals surface area contributed by atoms with Crippen LogP contribution in [0.1, 0.15) is 18.4 Å². The molecule has 5 heteroatoms. The molecule has 0 saturated carbocycles. The maximum absolute atomic E-state index is 11.9. The topological polar surface area (TPSA) is 67.6 Å². The summed E-state index contributed by atoms with van der Waals surface area (Å²) in [6.45, 7) is 1.67. The predicted octanol–water partition coefficient (Wildman–Crippen LogP) is 1.25. The zero-order chi connectivity index (χ0) is 12.8. The molecule has 98 valence electrons. The molecule has 1 heterocycles. The molecule has 18 heavy (non-hydrogen) atoms. The molecule has 1 atom stereocenters. The number of hydrogen-bond acceptors (Lipinski definition) is 4. The lowest BCUT2D eigenvalue weighted by Gasteiger charge is -2.31. The van der Waals surface area contributed by atoms with E-state index in [1.165, 1.54) is 0 Å². The zero-order valence-corrected chi connectivity index (χ0v) is 10.3. The third kappa shape index (κ3) is 3.45. The number of carbonyl (C=O) groups is 1. The minimum atomic E-state index is -0.265. The van der Waals surface area contributed by atoms with E-state index in [0.29, 0.717) is 13.2 Å². The van der Waals surface area contributed by atoms with E-state index >= 15 is 0 Å². The smallest absolute Gasteiger partial charge is 0.410 e. The van der Waals surface area contributed by atoms with Crippen molar-refractivity contribution >= 4 is 6.09 Å². The fourth-order valence-corrected chi connectivity index (χ4v) is 2.09. The zero-order valence-electron chi connectivity index (χ0n) is 10.3. The first-order chi connectivity index (χ1) is 8.79. The van der Waals surface area contributed by atoms with Crippen LogP contribution in [0, 0.1) is 0 Å². The van der Waals surface area contributed by atoms with Crippen molar-refractivity contribution < 1.29 is 9.53 Å². The van der Waals surface area contributed by atoms with Gasteiger partial charge >= 0.3 is 6.09 Å². The highest BCUT2D eigenvalue weighted by molar-refractivity contribution is 5.67. The van der Waals surface area contributed by atoms with Gasteiger partial charge in [-0.05, 0) is 18.4 Å². The van der Waals surface area contributed by atoms with Crippen molar-refractivity contribution in [3.63, 3.8) is 0 Å². The van der Waals surface area contributed by atoms with Crippen molar-refractivity contribution in [2.75, 3.05) is 13.1 Å². The molecule has 0 bridgehead atoms. The lowest BCUT2D eigenvalue weighted by atomic mass is 10.1. The molecule has 1 fully saturated rings. The molecule has 1 saturated heterocycles. The normalized spacial score (nSPS) is 19.6. The van der Waals surface area contributed by atoms with Gasteiger partial charge in [0.2, 0.25) is 0 Å². The molecule has 1 aromatic rings. The van der Waals surface area contributed by atoms with Gasteiger partial charge in [-0.25, -0.2) is 4.79 Å². The number of piperidine rings is 1. The summed E-state index contributed by atoms with van der Waals surface area (Å²) in [6.07, 6.45) is 1.69. The second-order valence-electron chi connectivity index (χ2n) is 4.49. The first-order valence-corrected chi connectivity index (χ1v) is 6.21. The van der Waals surface area contributed by atoms with Crippen molar-refractivity contribution in [3.05, 3.63) is 35.9 Å². The standard InChI is InChI=1S/C13H19N3O2/c14-15-12-7-4-8-16(9-12)13(17)18-10-11-5-2-1-3-6-11/h1-3,5-6,12,15H,4,7-10,14H2/t12-/m1/s1. The van der Waals surface area contributed by atoms with E-state index in [0.717, 1.165) is 24.9 Å². The van der Waals surface area contributed by atoms with Crippen LogP contribution in [0.3, 0.4) is 0 Å². The molecule has 0 radical (unpaired) electrons. The molecule has 5 nitrogen and oxygen atoms in total. The van der Waals surface area contributed by atoms with Crippen molar-refractivity contribution in [1.82, 2.24) is 10.3 Å². The van der Waals surface area contributed by atoms with Gasteiger partial charge in [0.25, 0.3) is 0 Å². The Morgan fingerprint density at radius 2 is 2.22 bits per heavy atom. The summed E-state index contributed by atoms with van der Waals surface area (Å²) in [4.78, 5) is 13.6. The van der Waals surface area contributed by atoms with Gasteiger partial charge in [-0.15, -0.1) is 0 Å². The van der Waals surface area contributed by atoms with E-state index in [2.05, 4.69) is 5.43 Å². The Labute approximate surface area is 107 Å². The molecule has 0 aromatic heterocycles. The Balaban J connectivity index is 1.81. The van der Waals surface area contributed by atoms with Crippen LogP contribution in [0.5, 0.6) is 0 Å². The highest BCUT2D eigenvalue weighted by Gasteiger charge is 2.23. The number of hydrazine groups is 1. The van der Waals surface area contributed by atoms with Crippen LogP contribution in [-0.4, -0.2) is 30.1 Å². The number of nitrogens with two attached hydrogens (primary N) is 1. The molecule has 3 N–H and O–H groups in total. The van der Waals surface area contributed by atoms with Gasteiger partial charge in [-0.1, -0.05) is 30.3 Å². The van der Waals surface area contributed by atoms with Crippen LogP contribution in [0.15, 0.2) is 30.3 Å². The molecule has 1 aromatic carbocycles. The van der Waals surface area contributed by atoms with Gasteiger partial charge in [0.15, 0.2) is 0 Å². The van der Waals surface area contributed by atoms with Gasteiger partial charge < -0.3 is 9.64 Å². The van der Waals surface area contributed by atoms with Crippen molar-refractivity contribution in [3.8, 4) is 0 Å². The Morgan fingerprint density at radius 3 is 2.94 bits per heavy atom. The van der Waals surface area contributed by atoms with Gasteiger partial charge in [-0.3, -0.25) is 11.3 Å². The maximum Gasteiger partial charge on any atom is 0.410 e. The monoisotopic (exact) mass is 249 g/mol. The second-order valence-corrected chi connectivity index (χ2v) is 4.49. The summed E-state index contributed by atoms with van der Waals surface area (Å²) in [6, 6.07) is 9.84. The third-order valence-corrected chi connectivity index (χ3v) is 3.12. The van der Waals surface area contributed by atoms with E-state index in [1.54, 1.807) is 4.90 Å². The van der Waals surface area contributed by atoms with Crippen molar-refractivity contribution in [2.45, 2.75) is 25.5 Å². The number of carbonyl (C=O) groups excluding carboxylic acids is 1. The van der Waals surface area contributed by atoms with E-state index in [1.807, 2.05) is 30.3 Å². The van der Waals surface area contributed by atoms with Gasteiger partial charge in [0.05, 0.1) is 0 Å². The highest BCUT2D eigenvalue weighted by atomic mass is 16.6. The summed E-state index contributed by atoms with van der Waals surface area (Å²) in [5, 5.41) is 0. The molecule has 1 aliphatic rings. The van der Waals surface area contributed by atoms with Crippen LogP contribution in [-0.2, 0) is 11.3 Å². The van der Waals surface area contributed by atoms with Crippen LogP contribution in [0.25, 0.3) is 0 Å². The molecule has 1 amide bonds. The summed E-state index contributed by atoms with van der Waals surface area (Å²) in [7, 11) is 0. The maximum atomic E-state index is 11.9. The quantitative estimate of drug-likeness (QED) is 0.625. The molecule has 0 spiro atoms. The summed E-state index contributed by atoms with van der Waals surface area (Å²) < 4.78 is 5.28. The van der Waals surface area contributed by atoms with E-state index in [-0.39, 0.29) is 12.1 Å². The van der Waals surface area contributed by atoms with Crippen LogP contribution in [0.4, 0.5) is 4.79 Å². The predicted molar refractivity (Wildman–Crippen MR) is 68.5 cm³/mol. The van der Waals surface area contributed by atoms with Crippen molar-refractivity contribution in [1.29, 1.82) is 0 Å². The summed E-state index contributed by atoms with van der Waals surface area (Å²) in [5.74, 6) is 5.40. The minimum Gasteiger partial charge on any atom is -0.445 e. The molecule has 2 rings (SSSR count). The Morgan fingerprint density at radius 1 is 1.44 bits per heavy atom. The number of likely N-dealkylation sites (tertiary alicyclic amines) is 1. The lowest BCUT2D eigenvalue weighted by Crippen LogP contribution is -2.50. The lowest BCUT2D eigenvalue weighted by molar-refractivity contribution is 0.0834. The molecular weight excluding hydrogens is 230 g/mol. The first kappa shape index (κ1) is 12.9. The van der Waals surface area contributed by atoms with E-state index in [9.17, 15) is 4.79 Å². The Hall–Kier alpha value is -1.59. The van der Waals surface area contributed by atoms with Crippen LogP contribution < -0.4 is 11.3 Å². The summed E-state index contributed by atoms with van der Waals surface area (Å²) in [5.41, 5.74) is 3.71. The largest absolute Gasteiger partial charge is 0.445 e. The van der Waals surface area contributed by atoms with Gasteiger partial charge in [-0.2, -0.15) is 0 Å². The number of nitrogens with zero attached hydrogens (tertiary/aromatic N) is 1. The number of nitrogens with one attached hydrogen (secondary N) is 1. The number of amides is 1. The van der Waals surface area contributed by atoms with E-state index < -0.39 is 0 Å². The molecule has 0 unspecified atom stereocenters. The second kappa shape index (κ2) is 6.37. The fraction of sp³-hybridized carbons (Fsp3) is 0.462. The average Bonchev–Trinajstić information content (AvgIpc) is 2.46.